The first-order valence-electron chi connectivity index (χ1n) is 18.5. The first-order valence-corrected chi connectivity index (χ1v) is 19.3. The van der Waals surface area contributed by atoms with Crippen molar-refractivity contribution in [3.63, 3.8) is 0 Å². The molecule has 0 amide bonds. The standard InChI is InChI=1S/C52H33NS/c1-3-11-42-35(10-1)26-32-47-43(14-7-16-46(42)47)36-21-27-39(28-22-36)53(41-31-25-38-20-19-34-9-2-4-12-44(34)50(38)33-41)40-29-23-37(24-30-40)45-15-8-17-49-48-13-5-6-18-51(48)54-52(45)49/h1-33H. The Hall–Kier alpha value is -6.74. The van der Waals surface area contributed by atoms with Crippen molar-refractivity contribution < 1.29 is 0 Å². The molecular formula is C52H33NS. The number of anilines is 3. The average Bonchev–Trinajstić information content (AvgIpc) is 3.63. The van der Waals surface area contributed by atoms with Crippen LogP contribution in [0.15, 0.2) is 200 Å². The molecule has 2 heteroatoms. The molecule has 11 rings (SSSR count). The van der Waals surface area contributed by atoms with Gasteiger partial charge in [0.25, 0.3) is 0 Å². The largest absolute Gasteiger partial charge is 0.310 e. The Morgan fingerprint density at radius 3 is 1.52 bits per heavy atom. The molecule has 0 bridgehead atoms. The van der Waals surface area contributed by atoms with Crippen LogP contribution in [0.3, 0.4) is 0 Å². The molecule has 0 saturated heterocycles. The van der Waals surface area contributed by atoms with Crippen LogP contribution in [0.25, 0.3) is 85.5 Å². The maximum Gasteiger partial charge on any atom is 0.0468 e. The summed E-state index contributed by atoms with van der Waals surface area (Å²) in [4.78, 5) is 2.39. The lowest BCUT2D eigenvalue weighted by Gasteiger charge is -2.26. The van der Waals surface area contributed by atoms with Crippen LogP contribution >= 0.6 is 11.3 Å². The summed E-state index contributed by atoms with van der Waals surface area (Å²) in [6.45, 7) is 0. The fourth-order valence-electron chi connectivity index (χ4n) is 8.42. The van der Waals surface area contributed by atoms with Crippen molar-refractivity contribution >= 4 is 91.7 Å². The Balaban J connectivity index is 1.05. The lowest BCUT2D eigenvalue weighted by atomic mass is 9.94. The Kier molecular flexibility index (Phi) is 7.11. The van der Waals surface area contributed by atoms with Crippen LogP contribution in [0.4, 0.5) is 17.1 Å². The third-order valence-corrected chi connectivity index (χ3v) is 12.3. The summed E-state index contributed by atoms with van der Waals surface area (Å²) in [5.41, 5.74) is 8.30. The Labute approximate surface area is 317 Å². The van der Waals surface area contributed by atoms with Gasteiger partial charge < -0.3 is 4.90 Å². The van der Waals surface area contributed by atoms with Crippen LogP contribution < -0.4 is 4.90 Å². The molecule has 252 valence electrons. The molecule has 0 saturated carbocycles. The first-order chi connectivity index (χ1) is 26.8. The van der Waals surface area contributed by atoms with Gasteiger partial charge in [-0.25, -0.2) is 0 Å². The molecule has 0 aliphatic heterocycles. The number of thiophene rings is 1. The second-order valence-electron chi connectivity index (χ2n) is 14.1. The zero-order chi connectivity index (χ0) is 35.6. The second-order valence-corrected chi connectivity index (χ2v) is 15.1. The van der Waals surface area contributed by atoms with Crippen molar-refractivity contribution in [2.45, 2.75) is 0 Å². The molecule has 0 spiro atoms. The average molecular weight is 704 g/mol. The summed E-state index contributed by atoms with van der Waals surface area (Å²) in [6, 6.07) is 73.5. The van der Waals surface area contributed by atoms with E-state index in [1.54, 1.807) is 0 Å². The molecule has 10 aromatic carbocycles. The lowest BCUT2D eigenvalue weighted by Crippen LogP contribution is -2.10. The van der Waals surface area contributed by atoms with Crippen LogP contribution in [0.1, 0.15) is 0 Å². The summed E-state index contributed by atoms with van der Waals surface area (Å²) < 4.78 is 2.66. The minimum atomic E-state index is 1.11. The van der Waals surface area contributed by atoms with Gasteiger partial charge in [-0.05, 0) is 108 Å². The fraction of sp³-hybridized carbons (Fsp3) is 0. The highest BCUT2D eigenvalue weighted by atomic mass is 32.1. The molecule has 0 N–H and O–H groups in total. The Morgan fingerprint density at radius 2 is 0.796 bits per heavy atom. The first kappa shape index (κ1) is 30.8. The van der Waals surface area contributed by atoms with E-state index in [0.717, 1.165) is 17.1 Å². The number of nitrogens with zero attached hydrogens (tertiary/aromatic N) is 1. The summed E-state index contributed by atoms with van der Waals surface area (Å²) in [6.07, 6.45) is 0. The molecule has 1 nitrogen and oxygen atoms in total. The third kappa shape index (κ3) is 4.99. The summed E-state index contributed by atoms with van der Waals surface area (Å²) in [5.74, 6) is 0. The van der Waals surface area contributed by atoms with Gasteiger partial charge in [0.1, 0.15) is 0 Å². The van der Waals surface area contributed by atoms with Gasteiger partial charge in [0.2, 0.25) is 0 Å². The lowest BCUT2D eigenvalue weighted by molar-refractivity contribution is 1.29. The van der Waals surface area contributed by atoms with Crippen molar-refractivity contribution in [3.8, 4) is 22.3 Å². The maximum atomic E-state index is 2.39. The van der Waals surface area contributed by atoms with Gasteiger partial charge in [-0.3, -0.25) is 0 Å². The van der Waals surface area contributed by atoms with Crippen LogP contribution in [0, 0.1) is 0 Å². The van der Waals surface area contributed by atoms with Gasteiger partial charge in [-0.15, -0.1) is 11.3 Å². The smallest absolute Gasteiger partial charge is 0.0468 e. The van der Waals surface area contributed by atoms with Gasteiger partial charge in [0, 0.05) is 37.2 Å². The van der Waals surface area contributed by atoms with E-state index in [1.807, 2.05) is 11.3 Å². The van der Waals surface area contributed by atoms with Gasteiger partial charge in [-0.1, -0.05) is 158 Å². The molecule has 1 heterocycles. The van der Waals surface area contributed by atoms with Crippen molar-refractivity contribution in [1.29, 1.82) is 0 Å². The van der Waals surface area contributed by atoms with Crippen LogP contribution in [0.5, 0.6) is 0 Å². The van der Waals surface area contributed by atoms with E-state index in [-0.39, 0.29) is 0 Å². The molecule has 0 fully saturated rings. The maximum absolute atomic E-state index is 2.39. The van der Waals surface area contributed by atoms with Crippen molar-refractivity contribution in [2.75, 3.05) is 4.90 Å². The van der Waals surface area contributed by atoms with Gasteiger partial charge in [0.05, 0.1) is 0 Å². The number of fused-ring (bicyclic) bond motifs is 9. The van der Waals surface area contributed by atoms with Gasteiger partial charge in [0.15, 0.2) is 0 Å². The zero-order valence-electron chi connectivity index (χ0n) is 29.4. The predicted octanol–water partition coefficient (Wildman–Crippen LogP) is 15.5. The van der Waals surface area contributed by atoms with Gasteiger partial charge in [-0.2, -0.15) is 0 Å². The van der Waals surface area contributed by atoms with E-state index in [4.69, 9.17) is 0 Å². The molecule has 0 aliphatic rings. The van der Waals surface area contributed by atoms with Gasteiger partial charge >= 0.3 is 0 Å². The minimum Gasteiger partial charge on any atom is -0.310 e. The SMILES string of the molecule is c1ccc2c(c1)ccc1ccc(N(c3ccc(-c4cccc5c4ccc4ccccc45)cc3)c3ccc(-c4cccc5c4sc4ccccc45)cc3)cc12. The highest BCUT2D eigenvalue weighted by Gasteiger charge is 2.17. The normalized spacial score (nSPS) is 11.7. The van der Waals surface area contributed by atoms with Crippen LogP contribution in [-0.4, -0.2) is 0 Å². The van der Waals surface area contributed by atoms with E-state index in [1.165, 1.54) is 85.5 Å². The molecule has 11 aromatic rings. The quantitative estimate of drug-likeness (QED) is 0.161. The minimum absolute atomic E-state index is 1.11. The predicted molar refractivity (Wildman–Crippen MR) is 235 cm³/mol. The zero-order valence-corrected chi connectivity index (χ0v) is 30.2. The molecule has 0 atom stereocenters. The van der Waals surface area contributed by atoms with Crippen molar-refractivity contribution in [1.82, 2.24) is 0 Å². The molecule has 0 aliphatic carbocycles. The summed E-state index contributed by atoms with van der Waals surface area (Å²) in [5, 5.41) is 12.8. The van der Waals surface area contributed by atoms with E-state index in [0.29, 0.717) is 0 Å². The Morgan fingerprint density at radius 1 is 0.296 bits per heavy atom. The number of benzene rings is 10. The number of hydrogen-bond donors (Lipinski definition) is 0. The number of rotatable bonds is 5. The highest BCUT2D eigenvalue weighted by molar-refractivity contribution is 7.26. The fourth-order valence-corrected chi connectivity index (χ4v) is 9.66. The van der Waals surface area contributed by atoms with E-state index >= 15 is 0 Å². The molecule has 54 heavy (non-hydrogen) atoms. The molecule has 0 radical (unpaired) electrons. The molecule has 0 unspecified atom stereocenters. The Bertz CT molecular complexity index is 3210. The number of hydrogen-bond acceptors (Lipinski definition) is 2. The summed E-state index contributed by atoms with van der Waals surface area (Å²) >= 11 is 1.88. The van der Waals surface area contributed by atoms with E-state index < -0.39 is 0 Å². The third-order valence-electron chi connectivity index (χ3n) is 11.1. The molecular weight excluding hydrogens is 671 g/mol. The van der Waals surface area contributed by atoms with Crippen molar-refractivity contribution in [3.05, 3.63) is 200 Å². The summed E-state index contributed by atoms with van der Waals surface area (Å²) in [7, 11) is 0. The second kappa shape index (κ2) is 12.4. The van der Waals surface area contributed by atoms with Crippen LogP contribution in [0.2, 0.25) is 0 Å². The van der Waals surface area contributed by atoms with Crippen molar-refractivity contribution in [2.24, 2.45) is 0 Å². The topological polar surface area (TPSA) is 3.24 Å². The molecule has 1 aromatic heterocycles. The van der Waals surface area contributed by atoms with E-state index in [2.05, 4.69) is 205 Å². The van der Waals surface area contributed by atoms with Crippen LogP contribution in [-0.2, 0) is 0 Å². The highest BCUT2D eigenvalue weighted by Crippen LogP contribution is 2.43. The van der Waals surface area contributed by atoms with E-state index in [9.17, 15) is 0 Å². The monoisotopic (exact) mass is 703 g/mol.